The van der Waals surface area contributed by atoms with Crippen molar-refractivity contribution in [2.45, 2.75) is 20.0 Å². The van der Waals surface area contributed by atoms with Crippen molar-refractivity contribution in [2.75, 3.05) is 19.8 Å². The fourth-order valence-electron chi connectivity index (χ4n) is 1.94. The van der Waals surface area contributed by atoms with Gasteiger partial charge >= 0.3 is 5.97 Å². The number of esters is 1. The Bertz CT molecular complexity index is 539. The molecule has 0 amide bonds. The molecule has 0 fully saturated rings. The minimum Gasteiger partial charge on any atom is -0.486 e. The van der Waals surface area contributed by atoms with Gasteiger partial charge in [0.1, 0.15) is 19.4 Å². The van der Waals surface area contributed by atoms with Gasteiger partial charge in [-0.05, 0) is 26.0 Å². The molecule has 0 saturated carbocycles. The average molecular weight is 282 g/mol. The number of hydrogen-bond donors (Lipinski definition) is 0. The summed E-state index contributed by atoms with van der Waals surface area (Å²) in [6, 6.07) is 2.73. The van der Waals surface area contributed by atoms with Crippen molar-refractivity contribution in [1.82, 2.24) is 0 Å². The van der Waals surface area contributed by atoms with Gasteiger partial charge in [-0.3, -0.25) is 4.79 Å². The van der Waals surface area contributed by atoms with Crippen molar-refractivity contribution in [3.63, 3.8) is 0 Å². The molecule has 20 heavy (non-hydrogen) atoms. The van der Waals surface area contributed by atoms with E-state index in [1.807, 2.05) is 0 Å². The van der Waals surface area contributed by atoms with Gasteiger partial charge in [0.25, 0.3) is 5.78 Å². The van der Waals surface area contributed by atoms with E-state index >= 15 is 0 Å². The van der Waals surface area contributed by atoms with Crippen molar-refractivity contribution in [3.05, 3.63) is 23.3 Å². The molecular weight excluding hydrogens is 267 g/mol. The van der Waals surface area contributed by atoms with Crippen LogP contribution in [0.25, 0.3) is 0 Å². The van der Waals surface area contributed by atoms with Crippen LogP contribution in [0.15, 0.2) is 12.1 Å². The maximum Gasteiger partial charge on any atom is 0.379 e. The number of Topliss-reactive ketones (excluding diaryl/α,β-unsaturated/α-hetero) is 1. The van der Waals surface area contributed by atoms with Crippen LogP contribution in [0, 0.1) is 0 Å². The van der Waals surface area contributed by atoms with E-state index in [1.54, 1.807) is 6.92 Å². The molecule has 5 nitrogen and oxygen atoms in total. The second-order valence-corrected chi connectivity index (χ2v) is 4.25. The van der Waals surface area contributed by atoms with Gasteiger partial charge in [0.05, 0.1) is 6.61 Å². The molecule has 0 saturated heterocycles. The van der Waals surface area contributed by atoms with Gasteiger partial charge in [0.2, 0.25) is 0 Å². The highest BCUT2D eigenvalue weighted by Crippen LogP contribution is 2.36. The van der Waals surface area contributed by atoms with Gasteiger partial charge in [0, 0.05) is 11.1 Å². The van der Waals surface area contributed by atoms with Gasteiger partial charge < -0.3 is 14.2 Å². The average Bonchev–Trinajstić information content (AvgIpc) is 2.45. The number of ether oxygens (including phenoxy) is 3. The van der Waals surface area contributed by atoms with E-state index in [1.165, 1.54) is 19.1 Å². The number of ketones is 1. The maximum atomic E-state index is 13.7. The van der Waals surface area contributed by atoms with Crippen LogP contribution in [0.5, 0.6) is 11.5 Å². The lowest BCUT2D eigenvalue weighted by Crippen LogP contribution is -2.21. The Morgan fingerprint density at radius 2 is 1.90 bits per heavy atom. The van der Waals surface area contributed by atoms with E-state index < -0.39 is 17.9 Å². The van der Waals surface area contributed by atoms with Crippen LogP contribution < -0.4 is 9.47 Å². The number of carbonyl (C=O) groups is 2. The third-order valence-corrected chi connectivity index (χ3v) is 2.85. The van der Waals surface area contributed by atoms with Crippen LogP contribution >= 0.6 is 0 Å². The van der Waals surface area contributed by atoms with E-state index in [9.17, 15) is 14.0 Å². The van der Waals surface area contributed by atoms with Crippen molar-refractivity contribution >= 4 is 11.8 Å². The summed E-state index contributed by atoms with van der Waals surface area (Å²) in [6.07, 6.45) is -1.42. The van der Waals surface area contributed by atoms with E-state index in [0.29, 0.717) is 24.7 Å². The topological polar surface area (TPSA) is 61.8 Å². The van der Waals surface area contributed by atoms with E-state index in [0.717, 1.165) is 0 Å². The minimum absolute atomic E-state index is 0.0531. The van der Waals surface area contributed by atoms with Crippen LogP contribution in [0.2, 0.25) is 0 Å². The zero-order valence-electron chi connectivity index (χ0n) is 11.3. The largest absolute Gasteiger partial charge is 0.486 e. The molecule has 0 N–H and O–H groups in total. The van der Waals surface area contributed by atoms with Gasteiger partial charge in [-0.2, -0.15) is 0 Å². The quantitative estimate of drug-likeness (QED) is 0.481. The Labute approximate surface area is 115 Å². The second-order valence-electron chi connectivity index (χ2n) is 4.25. The first-order chi connectivity index (χ1) is 9.54. The first-order valence-electron chi connectivity index (χ1n) is 6.33. The molecule has 108 valence electrons. The Morgan fingerprint density at radius 3 is 2.45 bits per heavy atom. The molecule has 0 spiro atoms. The highest BCUT2D eigenvalue weighted by molar-refractivity contribution is 6.41. The summed E-state index contributed by atoms with van der Waals surface area (Å²) in [5, 5.41) is 0. The minimum atomic E-state index is -1.42. The third-order valence-electron chi connectivity index (χ3n) is 2.85. The standard InChI is InChI=1S/C14H15FO5/c1-3-18-14(17)13(16)10-7-12-11(19-4-5-20-12)6-9(10)8(2)15/h6-8H,3-5H2,1-2H3. The molecule has 0 bridgehead atoms. The lowest BCUT2D eigenvalue weighted by Gasteiger charge is -2.21. The van der Waals surface area contributed by atoms with Crippen LogP contribution in [0.3, 0.4) is 0 Å². The zero-order valence-corrected chi connectivity index (χ0v) is 11.3. The molecule has 6 heteroatoms. The number of halogens is 1. The number of benzene rings is 1. The maximum absolute atomic E-state index is 13.7. The smallest absolute Gasteiger partial charge is 0.379 e. The normalized spacial score (nSPS) is 14.6. The lowest BCUT2D eigenvalue weighted by atomic mass is 9.99. The summed E-state index contributed by atoms with van der Waals surface area (Å²) in [7, 11) is 0. The van der Waals surface area contributed by atoms with E-state index in [-0.39, 0.29) is 17.7 Å². The Balaban J connectivity index is 2.44. The molecule has 0 aliphatic carbocycles. The first-order valence-corrected chi connectivity index (χ1v) is 6.33. The Morgan fingerprint density at radius 1 is 1.30 bits per heavy atom. The second kappa shape index (κ2) is 5.90. The van der Waals surface area contributed by atoms with E-state index in [2.05, 4.69) is 4.74 Å². The summed E-state index contributed by atoms with van der Waals surface area (Å²) in [5.74, 6) is -1.20. The predicted molar refractivity (Wildman–Crippen MR) is 67.9 cm³/mol. The van der Waals surface area contributed by atoms with Crippen LogP contribution in [0.4, 0.5) is 4.39 Å². The molecule has 1 aromatic carbocycles. The number of hydrogen-bond acceptors (Lipinski definition) is 5. The predicted octanol–water partition coefficient (Wildman–Crippen LogP) is 2.23. The van der Waals surface area contributed by atoms with Gasteiger partial charge in [-0.15, -0.1) is 0 Å². The Kier molecular flexibility index (Phi) is 4.22. The molecule has 0 radical (unpaired) electrons. The van der Waals surface area contributed by atoms with Gasteiger partial charge in [0.15, 0.2) is 11.5 Å². The summed E-state index contributed by atoms with van der Waals surface area (Å²) < 4.78 is 29.0. The monoisotopic (exact) mass is 282 g/mol. The molecule has 0 aromatic heterocycles. The zero-order chi connectivity index (χ0) is 14.7. The van der Waals surface area contributed by atoms with Crippen molar-refractivity contribution in [2.24, 2.45) is 0 Å². The summed E-state index contributed by atoms with van der Waals surface area (Å²) in [5.41, 5.74) is 0.0370. The van der Waals surface area contributed by atoms with Crippen molar-refractivity contribution < 1.29 is 28.2 Å². The molecular formula is C14H15FO5. The van der Waals surface area contributed by atoms with Crippen LogP contribution in [-0.4, -0.2) is 31.6 Å². The summed E-state index contributed by atoms with van der Waals surface area (Å²) in [4.78, 5) is 23.5. The van der Waals surface area contributed by atoms with Crippen LogP contribution in [-0.2, 0) is 9.53 Å². The molecule has 1 heterocycles. The number of fused-ring (bicyclic) bond motifs is 1. The SMILES string of the molecule is CCOC(=O)C(=O)c1cc2c(cc1C(C)F)OCCO2. The molecule has 1 aromatic rings. The van der Waals surface area contributed by atoms with E-state index in [4.69, 9.17) is 9.47 Å². The number of rotatable bonds is 4. The van der Waals surface area contributed by atoms with Gasteiger partial charge in [-0.25, -0.2) is 9.18 Å². The number of carbonyl (C=O) groups excluding carboxylic acids is 2. The molecule has 2 rings (SSSR count). The fraction of sp³-hybridized carbons (Fsp3) is 0.429. The lowest BCUT2D eigenvalue weighted by molar-refractivity contribution is -0.137. The summed E-state index contributed by atoms with van der Waals surface area (Å²) >= 11 is 0. The van der Waals surface area contributed by atoms with Crippen molar-refractivity contribution in [3.8, 4) is 11.5 Å². The highest BCUT2D eigenvalue weighted by atomic mass is 19.1. The first kappa shape index (κ1) is 14.3. The molecule has 1 aliphatic heterocycles. The molecule has 1 aliphatic rings. The highest BCUT2D eigenvalue weighted by Gasteiger charge is 2.27. The molecule has 1 atom stereocenters. The summed E-state index contributed by atoms with van der Waals surface area (Å²) in [6.45, 7) is 3.65. The van der Waals surface area contributed by atoms with Crippen LogP contribution in [0.1, 0.15) is 35.9 Å². The Hall–Kier alpha value is -2.11. The van der Waals surface area contributed by atoms with Gasteiger partial charge in [-0.1, -0.05) is 0 Å². The molecule has 1 unspecified atom stereocenters. The number of alkyl halides is 1. The van der Waals surface area contributed by atoms with Crippen molar-refractivity contribution in [1.29, 1.82) is 0 Å². The fourth-order valence-corrected chi connectivity index (χ4v) is 1.94. The third kappa shape index (κ3) is 2.74.